The average Bonchev–Trinajstić information content (AvgIpc) is 3.03. The largest absolute Gasteiger partial charge is 0.355 e. The van der Waals surface area contributed by atoms with E-state index in [1.807, 2.05) is 0 Å². The molecule has 1 atom stereocenters. The summed E-state index contributed by atoms with van der Waals surface area (Å²) < 4.78 is 1.78. The van der Waals surface area contributed by atoms with Gasteiger partial charge in [-0.1, -0.05) is 0 Å². The Balaban J connectivity index is 1.62. The second-order valence-corrected chi connectivity index (χ2v) is 4.90. The van der Waals surface area contributed by atoms with Crippen molar-refractivity contribution in [3.8, 4) is 5.82 Å². The van der Waals surface area contributed by atoms with Crippen LogP contribution >= 0.6 is 0 Å². The summed E-state index contributed by atoms with van der Waals surface area (Å²) in [6.45, 7) is 0.394. The average molecular weight is 285 g/mol. The Bertz CT molecular complexity index is 626. The third kappa shape index (κ3) is 3.07. The number of pyridine rings is 1. The first kappa shape index (κ1) is 13.3. The fourth-order valence-electron chi connectivity index (χ4n) is 2.21. The first-order valence-electron chi connectivity index (χ1n) is 6.74. The number of nitrogens with zero attached hydrogens (tertiary/aromatic N) is 3. The van der Waals surface area contributed by atoms with Crippen LogP contribution < -0.4 is 10.6 Å². The van der Waals surface area contributed by atoms with Gasteiger partial charge in [0.05, 0.1) is 17.8 Å². The summed E-state index contributed by atoms with van der Waals surface area (Å²) in [6.07, 6.45) is 7.72. The van der Waals surface area contributed by atoms with Gasteiger partial charge in [-0.05, 0) is 18.6 Å². The molecule has 0 saturated carbocycles. The van der Waals surface area contributed by atoms with Crippen LogP contribution in [0, 0.1) is 5.92 Å². The van der Waals surface area contributed by atoms with Gasteiger partial charge in [-0.3, -0.25) is 14.2 Å². The van der Waals surface area contributed by atoms with Crippen LogP contribution in [0.5, 0.6) is 0 Å². The van der Waals surface area contributed by atoms with Crippen molar-refractivity contribution in [3.05, 3.63) is 37.1 Å². The van der Waals surface area contributed by atoms with E-state index in [0.717, 1.165) is 5.82 Å². The van der Waals surface area contributed by atoms with Crippen LogP contribution in [0.3, 0.4) is 0 Å². The molecule has 2 aromatic rings. The second kappa shape index (κ2) is 5.74. The minimum Gasteiger partial charge on any atom is -0.355 e. The van der Waals surface area contributed by atoms with Crippen LogP contribution in [-0.2, 0) is 9.59 Å². The lowest BCUT2D eigenvalue weighted by Gasteiger charge is -2.21. The lowest BCUT2D eigenvalue weighted by atomic mass is 9.98. The molecule has 3 heterocycles. The zero-order chi connectivity index (χ0) is 14.7. The van der Waals surface area contributed by atoms with Crippen molar-refractivity contribution in [2.24, 2.45) is 5.92 Å². The highest BCUT2D eigenvalue weighted by Gasteiger charge is 2.24. The van der Waals surface area contributed by atoms with Crippen molar-refractivity contribution in [2.45, 2.75) is 12.8 Å². The Morgan fingerprint density at radius 3 is 2.95 bits per heavy atom. The Kier molecular flexibility index (Phi) is 3.63. The number of aromatic nitrogens is 3. The van der Waals surface area contributed by atoms with Gasteiger partial charge in [-0.15, -0.1) is 0 Å². The predicted octanol–water partition coefficient (Wildman–Crippen LogP) is 0.732. The number of carbonyl (C=O) groups is 2. The fraction of sp³-hybridized carbons (Fsp3) is 0.286. The number of nitrogens with one attached hydrogen (secondary N) is 2. The number of piperidine rings is 1. The summed E-state index contributed by atoms with van der Waals surface area (Å²) in [5, 5.41) is 5.52. The Morgan fingerprint density at radius 2 is 2.33 bits per heavy atom. The molecule has 0 radical (unpaired) electrons. The van der Waals surface area contributed by atoms with Gasteiger partial charge >= 0.3 is 0 Å². The van der Waals surface area contributed by atoms with Crippen molar-refractivity contribution >= 4 is 17.5 Å². The van der Waals surface area contributed by atoms with Gasteiger partial charge in [0.1, 0.15) is 12.1 Å². The Morgan fingerprint density at radius 1 is 1.43 bits per heavy atom. The molecular formula is C14H15N5O2. The number of imidazole rings is 1. The molecule has 0 aromatic carbocycles. The van der Waals surface area contributed by atoms with E-state index in [-0.39, 0.29) is 17.7 Å². The van der Waals surface area contributed by atoms with Crippen LogP contribution in [0.25, 0.3) is 5.82 Å². The van der Waals surface area contributed by atoms with Gasteiger partial charge in [0.25, 0.3) is 0 Å². The maximum absolute atomic E-state index is 12.1. The summed E-state index contributed by atoms with van der Waals surface area (Å²) >= 11 is 0. The summed E-state index contributed by atoms with van der Waals surface area (Å²) in [4.78, 5) is 31.4. The molecule has 1 aliphatic heterocycles. The number of amides is 2. The number of hydrogen-bond acceptors (Lipinski definition) is 4. The molecule has 3 rings (SSSR count). The monoisotopic (exact) mass is 285 g/mol. The molecule has 1 fully saturated rings. The van der Waals surface area contributed by atoms with Crippen molar-refractivity contribution in [2.75, 3.05) is 11.9 Å². The van der Waals surface area contributed by atoms with Crippen molar-refractivity contribution in [3.63, 3.8) is 0 Å². The molecule has 1 aliphatic rings. The van der Waals surface area contributed by atoms with Gasteiger partial charge in [0.15, 0.2) is 0 Å². The van der Waals surface area contributed by atoms with Crippen molar-refractivity contribution < 1.29 is 9.59 Å². The molecule has 2 N–H and O–H groups in total. The van der Waals surface area contributed by atoms with Crippen LogP contribution in [-0.4, -0.2) is 32.9 Å². The van der Waals surface area contributed by atoms with Crippen LogP contribution in [0.15, 0.2) is 37.1 Å². The standard InChI is InChI=1S/C14H15N5O2/c20-13-4-1-10(7-17-13)14(21)18-11-2-3-12(16-8-11)19-6-5-15-9-19/h2-3,5-6,8-10H,1,4,7H2,(H,17,20)(H,18,21). The molecule has 108 valence electrons. The fourth-order valence-corrected chi connectivity index (χ4v) is 2.21. The smallest absolute Gasteiger partial charge is 0.229 e. The zero-order valence-corrected chi connectivity index (χ0v) is 11.3. The molecule has 21 heavy (non-hydrogen) atoms. The molecule has 2 amide bonds. The van der Waals surface area contributed by atoms with Gasteiger partial charge in [-0.25, -0.2) is 9.97 Å². The summed E-state index contributed by atoms with van der Waals surface area (Å²) in [7, 11) is 0. The molecule has 1 saturated heterocycles. The number of carbonyl (C=O) groups excluding carboxylic acids is 2. The zero-order valence-electron chi connectivity index (χ0n) is 11.3. The molecule has 0 bridgehead atoms. The molecule has 0 spiro atoms. The van der Waals surface area contributed by atoms with Gasteiger partial charge in [0.2, 0.25) is 11.8 Å². The highest BCUT2D eigenvalue weighted by atomic mass is 16.2. The van der Waals surface area contributed by atoms with E-state index < -0.39 is 0 Å². The normalized spacial score (nSPS) is 18.1. The third-order valence-electron chi connectivity index (χ3n) is 3.42. The van der Waals surface area contributed by atoms with E-state index in [0.29, 0.717) is 25.1 Å². The Hall–Kier alpha value is -2.70. The second-order valence-electron chi connectivity index (χ2n) is 4.90. The van der Waals surface area contributed by atoms with E-state index in [1.54, 1.807) is 41.6 Å². The lowest BCUT2D eigenvalue weighted by Crippen LogP contribution is -2.40. The van der Waals surface area contributed by atoms with Gasteiger partial charge in [-0.2, -0.15) is 0 Å². The van der Waals surface area contributed by atoms with Crippen molar-refractivity contribution in [1.29, 1.82) is 0 Å². The first-order valence-corrected chi connectivity index (χ1v) is 6.74. The summed E-state index contributed by atoms with van der Waals surface area (Å²) in [6, 6.07) is 3.60. The molecular weight excluding hydrogens is 270 g/mol. The highest BCUT2D eigenvalue weighted by Crippen LogP contribution is 2.15. The third-order valence-corrected chi connectivity index (χ3v) is 3.42. The van der Waals surface area contributed by atoms with Crippen molar-refractivity contribution in [1.82, 2.24) is 19.9 Å². The maximum atomic E-state index is 12.1. The summed E-state index contributed by atoms with van der Waals surface area (Å²) in [5.41, 5.74) is 0.640. The number of hydrogen-bond donors (Lipinski definition) is 2. The van der Waals surface area contributed by atoms with E-state index in [1.165, 1.54) is 0 Å². The summed E-state index contributed by atoms with van der Waals surface area (Å²) in [5.74, 6) is 0.462. The van der Waals surface area contributed by atoms with E-state index >= 15 is 0 Å². The molecule has 7 nitrogen and oxygen atoms in total. The predicted molar refractivity (Wildman–Crippen MR) is 75.7 cm³/mol. The topological polar surface area (TPSA) is 88.9 Å². The molecule has 1 unspecified atom stereocenters. The van der Waals surface area contributed by atoms with E-state index in [9.17, 15) is 9.59 Å². The minimum atomic E-state index is -0.184. The molecule has 2 aromatic heterocycles. The van der Waals surface area contributed by atoms with E-state index in [4.69, 9.17) is 0 Å². The van der Waals surface area contributed by atoms with Crippen LogP contribution in [0.2, 0.25) is 0 Å². The van der Waals surface area contributed by atoms with Crippen LogP contribution in [0.1, 0.15) is 12.8 Å². The Labute approximate surface area is 121 Å². The first-order chi connectivity index (χ1) is 10.2. The molecule has 0 aliphatic carbocycles. The number of rotatable bonds is 3. The SMILES string of the molecule is O=C1CCC(C(=O)Nc2ccc(-n3ccnc3)nc2)CN1. The van der Waals surface area contributed by atoms with Gasteiger partial charge < -0.3 is 10.6 Å². The minimum absolute atomic E-state index is 0.00500. The number of anilines is 1. The quantitative estimate of drug-likeness (QED) is 0.870. The molecule has 7 heteroatoms. The van der Waals surface area contributed by atoms with E-state index in [2.05, 4.69) is 20.6 Å². The van der Waals surface area contributed by atoms with Gasteiger partial charge in [0, 0.05) is 25.4 Å². The maximum Gasteiger partial charge on any atom is 0.229 e. The highest BCUT2D eigenvalue weighted by molar-refractivity contribution is 5.93. The lowest BCUT2D eigenvalue weighted by molar-refractivity contribution is -0.126. The van der Waals surface area contributed by atoms with Crippen LogP contribution in [0.4, 0.5) is 5.69 Å².